The lowest BCUT2D eigenvalue weighted by Crippen LogP contribution is -2.30. The van der Waals surface area contributed by atoms with Crippen LogP contribution in [0.25, 0.3) is 6.08 Å². The number of carboxylic acids is 1. The highest BCUT2D eigenvalue weighted by molar-refractivity contribution is 8.00. The lowest BCUT2D eigenvalue weighted by atomic mass is 10.1. The molecule has 0 aliphatic heterocycles. The minimum Gasteiger partial charge on any atom is -0.478 e. The third-order valence-corrected chi connectivity index (χ3v) is 7.73. The number of benzene rings is 4. The normalized spacial score (nSPS) is 11.7. The van der Waals surface area contributed by atoms with Crippen molar-refractivity contribution in [1.29, 1.82) is 0 Å². The number of carboxylic acid groups (broad SMARTS) is 1. The lowest BCUT2D eigenvalue weighted by molar-refractivity contribution is -0.116. The summed E-state index contributed by atoms with van der Waals surface area (Å²) in [5, 5.41) is 16.8. The van der Waals surface area contributed by atoms with E-state index in [4.69, 9.17) is 9.52 Å². The summed E-state index contributed by atoms with van der Waals surface area (Å²) in [6.45, 7) is 0. The standard InChI is InChI=1S/C35H27N3O6S/c39-32(24-10-5-2-6-11-24)38-30(22-28-12-7-21-44-28)33(40)36-27-17-19-29(20-18-27)45-31(23-8-3-1-4-9-23)34(41)37-26-15-13-25(14-16-26)35(42)43/h1-22,31H,(H,36,40)(H,37,41)(H,38,39)(H,42,43)/b30-22-. The Labute approximate surface area is 263 Å². The summed E-state index contributed by atoms with van der Waals surface area (Å²) < 4.78 is 5.35. The smallest absolute Gasteiger partial charge is 0.335 e. The second-order valence-corrected chi connectivity index (χ2v) is 10.8. The van der Waals surface area contributed by atoms with Gasteiger partial charge in [-0.3, -0.25) is 14.4 Å². The Morgan fingerprint density at radius 3 is 1.93 bits per heavy atom. The molecule has 0 radical (unpaired) electrons. The van der Waals surface area contributed by atoms with E-state index in [1.165, 1.54) is 36.2 Å². The molecule has 0 fully saturated rings. The fraction of sp³-hybridized carbons (Fsp3) is 0.0286. The van der Waals surface area contributed by atoms with Gasteiger partial charge < -0.3 is 25.5 Å². The molecular weight excluding hydrogens is 590 g/mol. The van der Waals surface area contributed by atoms with Crippen LogP contribution in [0.5, 0.6) is 0 Å². The summed E-state index contributed by atoms with van der Waals surface area (Å²) in [5.74, 6) is -1.94. The van der Waals surface area contributed by atoms with Gasteiger partial charge in [0, 0.05) is 27.9 Å². The number of carbonyl (C=O) groups excluding carboxylic acids is 3. The minimum absolute atomic E-state index is 0.00513. The molecular formula is C35H27N3O6S. The van der Waals surface area contributed by atoms with Crippen molar-refractivity contribution in [3.8, 4) is 0 Å². The van der Waals surface area contributed by atoms with Crippen molar-refractivity contribution in [2.45, 2.75) is 10.1 Å². The van der Waals surface area contributed by atoms with E-state index in [0.717, 1.165) is 10.5 Å². The van der Waals surface area contributed by atoms with Gasteiger partial charge >= 0.3 is 5.97 Å². The molecule has 1 unspecified atom stereocenters. The third kappa shape index (κ3) is 8.37. The number of thioether (sulfide) groups is 1. The van der Waals surface area contributed by atoms with Crippen LogP contribution < -0.4 is 16.0 Å². The Bertz CT molecular complexity index is 1810. The summed E-state index contributed by atoms with van der Waals surface area (Å²) >= 11 is 1.32. The molecule has 9 nitrogen and oxygen atoms in total. The number of nitrogens with one attached hydrogen (secondary N) is 3. The first kappa shape index (κ1) is 30.6. The molecule has 0 spiro atoms. The van der Waals surface area contributed by atoms with Crippen LogP contribution in [-0.4, -0.2) is 28.8 Å². The van der Waals surface area contributed by atoms with Crippen LogP contribution in [0.1, 0.15) is 37.3 Å². The van der Waals surface area contributed by atoms with Crippen LogP contribution in [0.4, 0.5) is 11.4 Å². The van der Waals surface area contributed by atoms with Crippen molar-refractivity contribution >= 4 is 52.9 Å². The molecule has 0 aliphatic rings. The Morgan fingerprint density at radius 1 is 0.689 bits per heavy atom. The number of anilines is 2. The zero-order valence-electron chi connectivity index (χ0n) is 23.7. The summed E-state index contributed by atoms with van der Waals surface area (Å²) in [6, 6.07) is 34.1. The Morgan fingerprint density at radius 2 is 1.31 bits per heavy atom. The molecule has 45 heavy (non-hydrogen) atoms. The van der Waals surface area contributed by atoms with Gasteiger partial charge in [-0.25, -0.2) is 4.79 Å². The molecule has 0 bridgehead atoms. The number of amides is 3. The lowest BCUT2D eigenvalue weighted by Gasteiger charge is -2.17. The van der Waals surface area contributed by atoms with Crippen molar-refractivity contribution in [1.82, 2.24) is 5.32 Å². The van der Waals surface area contributed by atoms with Crippen LogP contribution in [0.3, 0.4) is 0 Å². The maximum Gasteiger partial charge on any atom is 0.335 e. The van der Waals surface area contributed by atoms with E-state index in [1.54, 1.807) is 78.9 Å². The average molecular weight is 618 g/mol. The van der Waals surface area contributed by atoms with E-state index >= 15 is 0 Å². The Balaban J connectivity index is 1.29. The quantitative estimate of drug-likeness (QED) is 0.0939. The predicted octanol–water partition coefficient (Wildman–Crippen LogP) is 6.86. The minimum atomic E-state index is -1.05. The van der Waals surface area contributed by atoms with Gasteiger partial charge in [0.25, 0.3) is 11.8 Å². The van der Waals surface area contributed by atoms with E-state index in [-0.39, 0.29) is 17.2 Å². The van der Waals surface area contributed by atoms with Gasteiger partial charge in [-0.2, -0.15) is 0 Å². The second kappa shape index (κ2) is 14.5. The first-order valence-corrected chi connectivity index (χ1v) is 14.6. The topological polar surface area (TPSA) is 138 Å². The Hall–Kier alpha value is -5.87. The van der Waals surface area contributed by atoms with Gasteiger partial charge in [-0.05, 0) is 78.4 Å². The molecule has 1 atom stereocenters. The van der Waals surface area contributed by atoms with Crippen LogP contribution >= 0.6 is 11.8 Å². The van der Waals surface area contributed by atoms with Gasteiger partial charge in [0.15, 0.2) is 0 Å². The highest BCUT2D eigenvalue weighted by atomic mass is 32.2. The molecule has 5 aromatic rings. The molecule has 4 N–H and O–H groups in total. The molecule has 0 aliphatic carbocycles. The molecule has 3 amide bonds. The summed E-state index contributed by atoms with van der Waals surface area (Å²) in [6.07, 6.45) is 2.91. The zero-order valence-corrected chi connectivity index (χ0v) is 24.5. The van der Waals surface area contributed by atoms with Gasteiger partial charge in [0.05, 0.1) is 11.8 Å². The van der Waals surface area contributed by atoms with Crippen molar-refractivity contribution < 1.29 is 28.7 Å². The van der Waals surface area contributed by atoms with E-state index < -0.39 is 23.0 Å². The molecule has 4 aromatic carbocycles. The average Bonchev–Trinajstić information content (AvgIpc) is 3.58. The summed E-state index contributed by atoms with van der Waals surface area (Å²) in [7, 11) is 0. The zero-order chi connectivity index (χ0) is 31.6. The van der Waals surface area contributed by atoms with E-state index in [2.05, 4.69) is 16.0 Å². The molecule has 10 heteroatoms. The first-order valence-electron chi connectivity index (χ1n) is 13.7. The number of hydrogen-bond donors (Lipinski definition) is 4. The summed E-state index contributed by atoms with van der Waals surface area (Å²) in [4.78, 5) is 51.4. The first-order chi connectivity index (χ1) is 21.9. The van der Waals surface area contributed by atoms with Gasteiger partial charge in [0.2, 0.25) is 5.91 Å². The van der Waals surface area contributed by atoms with Crippen molar-refractivity contribution in [3.05, 3.63) is 156 Å². The number of carbonyl (C=O) groups is 4. The third-order valence-electron chi connectivity index (χ3n) is 6.46. The van der Waals surface area contributed by atoms with Gasteiger partial charge in [-0.15, -0.1) is 11.8 Å². The molecule has 0 saturated heterocycles. The van der Waals surface area contributed by atoms with E-state index in [9.17, 15) is 19.2 Å². The monoisotopic (exact) mass is 617 g/mol. The highest BCUT2D eigenvalue weighted by Gasteiger charge is 2.23. The molecule has 0 saturated carbocycles. The van der Waals surface area contributed by atoms with Crippen LogP contribution in [0, 0.1) is 0 Å². The van der Waals surface area contributed by atoms with Crippen LogP contribution in [0.2, 0.25) is 0 Å². The fourth-order valence-corrected chi connectivity index (χ4v) is 5.24. The van der Waals surface area contributed by atoms with Crippen molar-refractivity contribution in [3.63, 3.8) is 0 Å². The second-order valence-electron chi connectivity index (χ2n) is 9.65. The van der Waals surface area contributed by atoms with E-state index in [0.29, 0.717) is 22.7 Å². The van der Waals surface area contributed by atoms with Crippen LogP contribution in [-0.2, 0) is 9.59 Å². The molecule has 5 rings (SSSR count). The maximum absolute atomic E-state index is 13.4. The molecule has 1 aromatic heterocycles. The van der Waals surface area contributed by atoms with Crippen LogP contribution in [0.15, 0.2) is 143 Å². The number of hydrogen-bond acceptors (Lipinski definition) is 6. The molecule has 1 heterocycles. The van der Waals surface area contributed by atoms with E-state index in [1.807, 2.05) is 30.3 Å². The number of furan rings is 1. The largest absolute Gasteiger partial charge is 0.478 e. The number of aromatic carboxylic acids is 1. The van der Waals surface area contributed by atoms with Crippen molar-refractivity contribution in [2.75, 3.05) is 10.6 Å². The maximum atomic E-state index is 13.4. The SMILES string of the molecule is O=C(Nc1ccc(SC(C(=O)Nc2ccc(C(=O)O)cc2)c2ccccc2)cc1)/C(=C/c1ccco1)NC(=O)c1ccccc1. The van der Waals surface area contributed by atoms with Gasteiger partial charge in [0.1, 0.15) is 16.7 Å². The fourth-order valence-electron chi connectivity index (χ4n) is 4.21. The number of rotatable bonds is 11. The van der Waals surface area contributed by atoms with Crippen molar-refractivity contribution in [2.24, 2.45) is 0 Å². The van der Waals surface area contributed by atoms with Gasteiger partial charge in [-0.1, -0.05) is 48.5 Å². The summed E-state index contributed by atoms with van der Waals surface area (Å²) in [5.41, 5.74) is 2.24. The highest BCUT2D eigenvalue weighted by Crippen LogP contribution is 2.36. The molecule has 224 valence electrons. The Kier molecular flexibility index (Phi) is 9.88. The predicted molar refractivity (Wildman–Crippen MR) is 173 cm³/mol.